The smallest absolute Gasteiger partial charge is 1.00 e. The summed E-state index contributed by atoms with van der Waals surface area (Å²) in [6.45, 7) is 18.8. The normalized spacial score (nSPS) is 14.1. The summed E-state index contributed by atoms with van der Waals surface area (Å²) in [5, 5.41) is 3.41. The Hall–Kier alpha value is -2.54. The van der Waals surface area contributed by atoms with Crippen LogP contribution in [0.5, 0.6) is 0 Å². The average molecular weight is 783 g/mol. The molecule has 0 aromatic heterocycles. The first-order valence-corrected chi connectivity index (χ1v) is 21.2. The first-order chi connectivity index (χ1) is 22.3. The van der Waals surface area contributed by atoms with Gasteiger partial charge < -0.3 is 24.8 Å². The van der Waals surface area contributed by atoms with Gasteiger partial charge >= 0.3 is 296 Å². The van der Waals surface area contributed by atoms with E-state index in [1.807, 2.05) is 0 Å². The van der Waals surface area contributed by atoms with Crippen LogP contribution >= 0.6 is 11.6 Å². The molecule has 0 radical (unpaired) electrons. The maximum absolute atomic E-state index is 6.55. The largest absolute Gasteiger partial charge is 1.00 e. The number of halogens is 3. The number of rotatable bonds is 4. The van der Waals surface area contributed by atoms with E-state index < -0.39 is 21.3 Å². The molecule has 2 aliphatic carbocycles. The van der Waals surface area contributed by atoms with Crippen LogP contribution in [0, 0.1) is 13.8 Å². The Morgan fingerprint density at radius 3 is 1.78 bits per heavy atom. The molecule has 0 fully saturated rings. The Bertz CT molecular complexity index is 2080. The second-order valence-electron chi connectivity index (χ2n) is 15.6. The standard InChI is InChI=1S/C23H29.C17H11Cl.C5H5.2ClH.Zr/c1-14-9-16-11-17-10-15(2)21(23(6,7)8)13-19(17)18(16)12-20(14)22(3,4)5;18-16-10-8-13(9-11-16)12-15-6-3-5-14-4-1-2-7-17(14)15;1-2-4-5-3-1;;;/h9-13H,1-8H3;1-11H;1-3H,4H2;2*1H;/q;;;;;+2/p-2. The second kappa shape index (κ2) is 14.2. The van der Waals surface area contributed by atoms with E-state index in [2.05, 4.69) is 165 Å². The van der Waals surface area contributed by atoms with Crippen LogP contribution in [-0.2, 0) is 32.1 Å². The maximum atomic E-state index is 6.55. The molecule has 0 aliphatic heterocycles. The van der Waals surface area contributed by atoms with Gasteiger partial charge in [-0.15, -0.1) is 0 Å². The van der Waals surface area contributed by atoms with E-state index in [9.17, 15) is 0 Å². The molecule has 0 saturated heterocycles. The minimum atomic E-state index is -2.87. The van der Waals surface area contributed by atoms with Crippen LogP contribution in [0.2, 0.25) is 5.02 Å². The van der Waals surface area contributed by atoms with Gasteiger partial charge in [0.25, 0.3) is 0 Å². The Kier molecular flexibility index (Phi) is 11.0. The van der Waals surface area contributed by atoms with Crippen molar-refractivity contribution < 1.29 is 46.1 Å². The van der Waals surface area contributed by atoms with E-state index in [-0.39, 0.29) is 35.6 Å². The van der Waals surface area contributed by atoms with E-state index in [0.717, 1.165) is 11.4 Å². The van der Waals surface area contributed by atoms with Gasteiger partial charge in [0.2, 0.25) is 0 Å². The molecule has 0 amide bonds. The second-order valence-corrected chi connectivity index (χ2v) is 22.3. The molecule has 2 aliphatic rings. The van der Waals surface area contributed by atoms with Gasteiger partial charge in [-0.2, -0.15) is 0 Å². The van der Waals surface area contributed by atoms with Crippen molar-refractivity contribution in [3.05, 3.63) is 162 Å². The molecule has 0 bridgehead atoms. The van der Waals surface area contributed by atoms with Crippen molar-refractivity contribution in [2.75, 3.05) is 0 Å². The van der Waals surface area contributed by atoms with Crippen molar-refractivity contribution in [3.8, 4) is 11.1 Å². The van der Waals surface area contributed by atoms with Crippen molar-refractivity contribution >= 4 is 25.6 Å². The summed E-state index contributed by atoms with van der Waals surface area (Å²) in [7, 11) is 0. The molecule has 0 unspecified atom stereocenters. The molecule has 4 heteroatoms. The Labute approximate surface area is 318 Å². The molecule has 5 aromatic carbocycles. The third-order valence-corrected chi connectivity index (χ3v) is 18.7. The van der Waals surface area contributed by atoms with E-state index in [1.165, 1.54) is 66.4 Å². The third-order valence-electron chi connectivity index (χ3n) is 10.2. The average Bonchev–Trinajstić information content (AvgIpc) is 3.65. The number of hydrogen-bond acceptors (Lipinski definition) is 0. The van der Waals surface area contributed by atoms with Crippen molar-refractivity contribution in [1.82, 2.24) is 0 Å². The summed E-state index contributed by atoms with van der Waals surface area (Å²) in [5.74, 6) is 0. The molecular formula is C45H45Cl3Zr. The molecule has 0 N–H and O–H groups in total. The first-order valence-electron chi connectivity index (χ1n) is 17.0. The van der Waals surface area contributed by atoms with Crippen LogP contribution in [0.3, 0.4) is 0 Å². The molecule has 0 atom stereocenters. The Morgan fingerprint density at radius 1 is 0.694 bits per heavy atom. The van der Waals surface area contributed by atoms with Gasteiger partial charge in [-0.25, -0.2) is 0 Å². The SMILES string of the molecule is Cc1cc2c(cc1C(C)(C)C)-c1cc(C(C)(C)C)c(C)cc1[CH]2/[Zr+2]([C]1=CC=CC1)=[C](/c1ccc(Cl)cc1)c1cccc2ccccc12.[Cl-].[Cl-]. The van der Waals surface area contributed by atoms with Crippen LogP contribution in [-0.4, -0.2) is 3.21 Å². The predicted octanol–water partition coefficient (Wildman–Crippen LogP) is 6.51. The third kappa shape index (κ3) is 6.91. The summed E-state index contributed by atoms with van der Waals surface area (Å²) >= 11 is 3.68. The van der Waals surface area contributed by atoms with Gasteiger partial charge in [0.1, 0.15) is 0 Å². The van der Waals surface area contributed by atoms with Gasteiger partial charge in [0.15, 0.2) is 0 Å². The summed E-state index contributed by atoms with van der Waals surface area (Å²) in [6, 6.07) is 34.8. The topological polar surface area (TPSA) is 0 Å². The number of aryl methyl sites for hydroxylation is 2. The van der Waals surface area contributed by atoms with E-state index >= 15 is 0 Å². The number of benzene rings is 5. The molecule has 5 aromatic rings. The summed E-state index contributed by atoms with van der Waals surface area (Å²) in [6.07, 6.45) is 8.18. The van der Waals surface area contributed by atoms with Crippen molar-refractivity contribution in [3.63, 3.8) is 0 Å². The van der Waals surface area contributed by atoms with Crippen LogP contribution in [0.15, 0.2) is 113 Å². The van der Waals surface area contributed by atoms with E-state index in [4.69, 9.17) is 11.6 Å². The maximum Gasteiger partial charge on any atom is -1.00 e. The van der Waals surface area contributed by atoms with Gasteiger partial charge in [0, 0.05) is 0 Å². The molecule has 7 rings (SSSR count). The summed E-state index contributed by atoms with van der Waals surface area (Å²) < 4.78 is 3.58. The van der Waals surface area contributed by atoms with Crippen LogP contribution in [0.4, 0.5) is 0 Å². The van der Waals surface area contributed by atoms with E-state index in [0.29, 0.717) is 3.63 Å². The number of hydrogen-bond donors (Lipinski definition) is 0. The zero-order valence-corrected chi connectivity index (χ0v) is 34.5. The zero-order valence-electron chi connectivity index (χ0n) is 29.8. The fourth-order valence-corrected chi connectivity index (χ4v) is 17.3. The van der Waals surface area contributed by atoms with Gasteiger partial charge in [0.05, 0.1) is 0 Å². The molecule has 0 spiro atoms. The van der Waals surface area contributed by atoms with Crippen LogP contribution in [0.25, 0.3) is 21.9 Å². The molecule has 49 heavy (non-hydrogen) atoms. The van der Waals surface area contributed by atoms with Crippen molar-refractivity contribution in [1.29, 1.82) is 0 Å². The quantitative estimate of drug-likeness (QED) is 0.195. The minimum absolute atomic E-state index is 0. The summed E-state index contributed by atoms with van der Waals surface area (Å²) in [4.78, 5) is 0. The van der Waals surface area contributed by atoms with Crippen LogP contribution < -0.4 is 24.8 Å². The van der Waals surface area contributed by atoms with Crippen molar-refractivity contribution in [2.24, 2.45) is 0 Å². The van der Waals surface area contributed by atoms with E-state index in [1.54, 1.807) is 6.49 Å². The van der Waals surface area contributed by atoms with Gasteiger partial charge in [-0.3, -0.25) is 0 Å². The zero-order chi connectivity index (χ0) is 33.2. The fraction of sp³-hybridized carbons (Fsp3) is 0.267. The van der Waals surface area contributed by atoms with Crippen molar-refractivity contribution in [2.45, 2.75) is 76.3 Å². The molecule has 250 valence electrons. The first kappa shape index (κ1) is 37.7. The Morgan fingerprint density at radius 2 is 1.24 bits per heavy atom. The molecule has 0 heterocycles. The Balaban J connectivity index is 0.00000234. The van der Waals surface area contributed by atoms with Gasteiger partial charge in [-0.1, -0.05) is 0 Å². The van der Waals surface area contributed by atoms with Crippen LogP contribution in [0.1, 0.15) is 96.1 Å². The minimum Gasteiger partial charge on any atom is -1.00 e. The fourth-order valence-electron chi connectivity index (χ4n) is 8.15. The predicted molar refractivity (Wildman–Crippen MR) is 201 cm³/mol. The number of allylic oxidation sites excluding steroid dienone is 4. The molecular weight excluding hydrogens is 738 g/mol. The number of fused-ring (bicyclic) bond motifs is 4. The van der Waals surface area contributed by atoms with Gasteiger partial charge in [-0.05, 0) is 0 Å². The monoisotopic (exact) mass is 780 g/mol. The summed E-state index contributed by atoms with van der Waals surface area (Å²) in [5.41, 5.74) is 14.5. The molecule has 0 nitrogen and oxygen atoms in total. The molecule has 0 saturated carbocycles.